The van der Waals surface area contributed by atoms with Gasteiger partial charge in [-0.25, -0.2) is 8.78 Å². The molecule has 2 aromatic carbocycles. The van der Waals surface area contributed by atoms with E-state index in [-0.39, 0.29) is 21.8 Å². The van der Waals surface area contributed by atoms with Crippen LogP contribution in [0, 0.1) is 11.6 Å². The van der Waals surface area contributed by atoms with E-state index in [1.54, 1.807) is 4.57 Å². The van der Waals surface area contributed by atoms with Crippen LogP contribution in [0.2, 0.25) is 10.0 Å². The number of nitrogens with zero attached hydrogens (tertiary/aromatic N) is 1. The van der Waals surface area contributed by atoms with Gasteiger partial charge in [0.05, 0.1) is 26.2 Å². The Bertz CT molecular complexity index is 1340. The van der Waals surface area contributed by atoms with E-state index < -0.39 is 37.5 Å². The minimum Gasteiger partial charge on any atom is -0.341 e. The maximum absolute atomic E-state index is 14.8. The molecule has 0 amide bonds. The van der Waals surface area contributed by atoms with Gasteiger partial charge in [0.2, 0.25) is 5.78 Å². The summed E-state index contributed by atoms with van der Waals surface area (Å²) >= 11 is 12.1. The lowest BCUT2D eigenvalue weighted by Gasteiger charge is -2.19. The minimum atomic E-state index is -4.56. The molecule has 4 rings (SSSR count). The maximum atomic E-state index is 14.8. The Hall–Kier alpha value is -2.26. The normalized spacial score (nSPS) is 13.8. The highest BCUT2D eigenvalue weighted by Crippen LogP contribution is 2.37. The van der Waals surface area contributed by atoms with Crippen LogP contribution >= 0.6 is 23.2 Å². The van der Waals surface area contributed by atoms with Gasteiger partial charge < -0.3 is 4.57 Å². The van der Waals surface area contributed by atoms with Crippen LogP contribution in [0.5, 0.6) is 0 Å². The van der Waals surface area contributed by atoms with Crippen molar-refractivity contribution in [3.05, 3.63) is 75.0 Å². The molecule has 1 aromatic heterocycles. The molecular weight excluding hydrogens is 471 g/mol. The van der Waals surface area contributed by atoms with E-state index >= 15 is 0 Å². The second-order valence-corrected chi connectivity index (χ2v) is 9.37. The topological polar surface area (TPSA) is 76.4 Å². The van der Waals surface area contributed by atoms with Gasteiger partial charge in [0.1, 0.15) is 11.6 Å². The van der Waals surface area contributed by atoms with Crippen molar-refractivity contribution in [3.63, 3.8) is 0 Å². The second kappa shape index (κ2) is 8.02. The number of hydrogen-bond donors (Lipinski definition) is 1. The Morgan fingerprint density at radius 1 is 1.00 bits per heavy atom. The lowest BCUT2D eigenvalue weighted by molar-refractivity contribution is 0.102. The largest absolute Gasteiger partial charge is 0.341 e. The fourth-order valence-electron chi connectivity index (χ4n) is 3.84. The molecule has 0 unspecified atom stereocenters. The van der Waals surface area contributed by atoms with E-state index in [0.717, 1.165) is 31.0 Å². The first kappa shape index (κ1) is 22.0. The molecule has 1 aliphatic rings. The molecule has 162 valence electrons. The van der Waals surface area contributed by atoms with Gasteiger partial charge >= 0.3 is 0 Å². The summed E-state index contributed by atoms with van der Waals surface area (Å²) in [6, 6.07) is 6.82. The molecule has 5 nitrogen and oxygen atoms in total. The van der Waals surface area contributed by atoms with E-state index in [4.69, 9.17) is 27.8 Å². The molecule has 3 aromatic rings. The molecule has 0 radical (unpaired) electrons. The van der Waals surface area contributed by atoms with Crippen LogP contribution in [0.25, 0.3) is 11.1 Å². The molecule has 0 saturated carbocycles. The van der Waals surface area contributed by atoms with E-state index in [9.17, 15) is 22.0 Å². The summed E-state index contributed by atoms with van der Waals surface area (Å²) in [6.45, 7) is 0.492. The monoisotopic (exact) mass is 485 g/mol. The molecule has 10 heteroatoms. The van der Waals surface area contributed by atoms with Gasteiger partial charge in [-0.05, 0) is 55.7 Å². The summed E-state index contributed by atoms with van der Waals surface area (Å²) in [5.41, 5.74) is 1.18. The first-order valence-electron chi connectivity index (χ1n) is 9.27. The Morgan fingerprint density at radius 2 is 1.74 bits per heavy atom. The summed E-state index contributed by atoms with van der Waals surface area (Å²) in [6.07, 6.45) is 2.17. The molecule has 1 aliphatic heterocycles. The van der Waals surface area contributed by atoms with Crippen LogP contribution in [0.3, 0.4) is 0 Å². The molecule has 31 heavy (non-hydrogen) atoms. The van der Waals surface area contributed by atoms with Crippen molar-refractivity contribution in [1.82, 2.24) is 4.57 Å². The quantitative estimate of drug-likeness (QED) is 0.298. The highest BCUT2D eigenvalue weighted by Gasteiger charge is 2.28. The van der Waals surface area contributed by atoms with Gasteiger partial charge in [0.25, 0.3) is 10.1 Å². The summed E-state index contributed by atoms with van der Waals surface area (Å²) in [5, 5.41) is -0.401. The average Bonchev–Trinajstić information content (AvgIpc) is 3.10. The predicted molar refractivity (Wildman–Crippen MR) is 112 cm³/mol. The van der Waals surface area contributed by atoms with E-state index in [0.29, 0.717) is 24.2 Å². The number of aromatic nitrogens is 1. The molecule has 2 heterocycles. The highest BCUT2D eigenvalue weighted by molar-refractivity contribution is 7.85. The average molecular weight is 486 g/mol. The second-order valence-electron chi connectivity index (χ2n) is 7.16. The molecule has 0 aliphatic carbocycles. The molecule has 1 N–H and O–H groups in total. The van der Waals surface area contributed by atoms with Gasteiger partial charge in [0.15, 0.2) is 0 Å². The summed E-state index contributed by atoms with van der Waals surface area (Å²) in [5.74, 6) is -2.25. The van der Waals surface area contributed by atoms with Crippen molar-refractivity contribution >= 4 is 39.1 Å². The third kappa shape index (κ3) is 3.89. The van der Waals surface area contributed by atoms with Crippen LogP contribution in [-0.2, 0) is 23.1 Å². The third-order valence-corrected chi connectivity index (χ3v) is 6.82. The number of benzene rings is 2. The van der Waals surface area contributed by atoms with Crippen molar-refractivity contribution in [1.29, 1.82) is 0 Å². The molecule has 0 bridgehead atoms. The minimum absolute atomic E-state index is 0.00649. The first-order valence-corrected chi connectivity index (χ1v) is 11.5. The summed E-state index contributed by atoms with van der Waals surface area (Å²) in [7, 11) is -4.56. The Kier molecular flexibility index (Phi) is 5.68. The van der Waals surface area contributed by atoms with E-state index in [1.165, 1.54) is 18.2 Å². The van der Waals surface area contributed by atoms with Gasteiger partial charge in [0, 0.05) is 23.4 Å². The van der Waals surface area contributed by atoms with E-state index in [2.05, 4.69) is 0 Å². The SMILES string of the molecule is O=C(c1c(Cl)ccc(F)c1Cl)c1cc(-c2ccc(S(=O)(=O)O)cc2F)c2n1CCCC2. The van der Waals surface area contributed by atoms with Crippen molar-refractivity contribution in [2.24, 2.45) is 0 Å². The summed E-state index contributed by atoms with van der Waals surface area (Å²) < 4.78 is 62.2. The molecule has 0 atom stereocenters. The van der Waals surface area contributed by atoms with Gasteiger partial charge in [-0.3, -0.25) is 9.35 Å². The van der Waals surface area contributed by atoms with Crippen LogP contribution in [0.15, 0.2) is 41.3 Å². The Morgan fingerprint density at radius 3 is 2.42 bits per heavy atom. The van der Waals surface area contributed by atoms with Gasteiger partial charge in [-0.1, -0.05) is 23.2 Å². The molecule has 0 saturated heterocycles. The zero-order chi connectivity index (χ0) is 22.5. The number of carbonyl (C=O) groups excluding carboxylic acids is 1. The highest BCUT2D eigenvalue weighted by atomic mass is 35.5. The van der Waals surface area contributed by atoms with Gasteiger partial charge in [-0.2, -0.15) is 8.42 Å². The van der Waals surface area contributed by atoms with Gasteiger partial charge in [-0.15, -0.1) is 0 Å². The lowest BCUT2D eigenvalue weighted by Crippen LogP contribution is -2.17. The number of ketones is 1. The lowest BCUT2D eigenvalue weighted by atomic mass is 10.0. The fraction of sp³-hybridized carbons (Fsp3) is 0.190. The molecular formula is C21H15Cl2F2NO4S. The number of fused-ring (bicyclic) bond motifs is 1. The summed E-state index contributed by atoms with van der Waals surface area (Å²) in [4.78, 5) is 12.7. The standard InChI is InChI=1S/C21H15Cl2F2NO4S/c22-14-6-7-15(24)20(23)19(14)21(27)18-10-13(17-3-1-2-8-26(17)18)12-5-4-11(9-16(12)25)31(28,29)30/h4-7,9-10H,1-3,8H2,(H,28,29,30). The molecule has 0 spiro atoms. The number of carbonyl (C=O) groups is 1. The Balaban J connectivity index is 1.89. The van der Waals surface area contributed by atoms with Crippen molar-refractivity contribution in [3.8, 4) is 11.1 Å². The number of rotatable bonds is 4. The maximum Gasteiger partial charge on any atom is 0.294 e. The number of halogens is 4. The zero-order valence-electron chi connectivity index (χ0n) is 15.8. The van der Waals surface area contributed by atoms with Crippen LogP contribution < -0.4 is 0 Å². The fourth-order valence-corrected chi connectivity index (χ4v) is 4.87. The first-order chi connectivity index (χ1) is 14.6. The molecule has 0 fully saturated rings. The van der Waals surface area contributed by atoms with E-state index in [1.807, 2.05) is 0 Å². The van der Waals surface area contributed by atoms with Crippen LogP contribution in [-0.4, -0.2) is 23.3 Å². The third-order valence-electron chi connectivity index (χ3n) is 5.29. The smallest absolute Gasteiger partial charge is 0.294 e. The Labute approximate surface area is 187 Å². The van der Waals surface area contributed by atoms with Crippen LogP contribution in [0.1, 0.15) is 34.6 Å². The predicted octanol–water partition coefficient (Wildman–Crippen LogP) is 5.55. The van der Waals surface area contributed by atoms with Crippen molar-refractivity contribution in [2.45, 2.75) is 30.7 Å². The van der Waals surface area contributed by atoms with Crippen molar-refractivity contribution < 1.29 is 26.5 Å². The zero-order valence-corrected chi connectivity index (χ0v) is 18.2. The van der Waals surface area contributed by atoms with Crippen molar-refractivity contribution in [2.75, 3.05) is 0 Å². The number of hydrogen-bond acceptors (Lipinski definition) is 3. The van der Waals surface area contributed by atoms with Crippen LogP contribution in [0.4, 0.5) is 8.78 Å².